The minimum atomic E-state index is -0.800. The molecule has 2 rings (SSSR count). The van der Waals surface area contributed by atoms with Crippen LogP contribution in [0.4, 0.5) is 5.82 Å². The molecular weight excluding hydrogens is 282 g/mol. The Morgan fingerprint density at radius 3 is 2.55 bits per heavy atom. The molecule has 0 saturated carbocycles. The molecule has 1 aromatic carbocycles. The van der Waals surface area contributed by atoms with Gasteiger partial charge in [-0.1, -0.05) is 37.3 Å². The largest absolute Gasteiger partial charge is 0.340 e. The van der Waals surface area contributed by atoms with E-state index in [4.69, 9.17) is 5.73 Å². The molecule has 22 heavy (non-hydrogen) atoms. The van der Waals surface area contributed by atoms with Crippen LogP contribution in [0.2, 0.25) is 0 Å². The number of H-pyrrole nitrogens is 1. The van der Waals surface area contributed by atoms with E-state index in [1.807, 2.05) is 18.2 Å². The Morgan fingerprint density at radius 2 is 1.95 bits per heavy atom. The van der Waals surface area contributed by atoms with Gasteiger partial charge in [0, 0.05) is 18.5 Å². The van der Waals surface area contributed by atoms with Crippen molar-refractivity contribution in [3.63, 3.8) is 0 Å². The second kappa shape index (κ2) is 7.37. The van der Waals surface area contributed by atoms with Crippen molar-refractivity contribution in [2.75, 3.05) is 11.9 Å². The van der Waals surface area contributed by atoms with Gasteiger partial charge in [-0.3, -0.25) is 14.7 Å². The minimum absolute atomic E-state index is 0.218. The fourth-order valence-corrected chi connectivity index (χ4v) is 1.87. The summed E-state index contributed by atoms with van der Waals surface area (Å²) in [4.78, 5) is 24.5. The average Bonchev–Trinajstić information content (AvgIpc) is 3.05. The molecule has 0 saturated heterocycles. The summed E-state index contributed by atoms with van der Waals surface area (Å²) in [7, 11) is 0. The van der Waals surface area contributed by atoms with Gasteiger partial charge in [-0.2, -0.15) is 5.10 Å². The van der Waals surface area contributed by atoms with Gasteiger partial charge < -0.3 is 16.4 Å². The third-order valence-corrected chi connectivity index (χ3v) is 3.24. The van der Waals surface area contributed by atoms with Crippen LogP contribution in [-0.4, -0.2) is 28.6 Å². The monoisotopic (exact) mass is 301 g/mol. The molecule has 0 radical (unpaired) electrons. The zero-order valence-electron chi connectivity index (χ0n) is 12.2. The number of nitrogens with one attached hydrogen (secondary N) is 3. The lowest BCUT2D eigenvalue weighted by atomic mass is 10.0. The Balaban J connectivity index is 2.18. The summed E-state index contributed by atoms with van der Waals surface area (Å²) < 4.78 is 0. The molecule has 2 amide bonds. The van der Waals surface area contributed by atoms with Gasteiger partial charge >= 0.3 is 0 Å². The molecule has 0 aliphatic heterocycles. The van der Waals surface area contributed by atoms with E-state index in [0.29, 0.717) is 11.4 Å². The first-order valence-corrected chi connectivity index (χ1v) is 6.97. The topological polar surface area (TPSA) is 113 Å². The fourth-order valence-electron chi connectivity index (χ4n) is 1.87. The van der Waals surface area contributed by atoms with Crippen LogP contribution in [0.3, 0.4) is 0 Å². The molecular formula is C15H19N5O2. The minimum Gasteiger partial charge on any atom is -0.340 e. The number of benzene rings is 1. The van der Waals surface area contributed by atoms with Crippen molar-refractivity contribution in [2.45, 2.75) is 13.0 Å². The molecule has 116 valence electrons. The van der Waals surface area contributed by atoms with E-state index in [1.54, 1.807) is 25.1 Å². The summed E-state index contributed by atoms with van der Waals surface area (Å²) in [5.41, 5.74) is 6.19. The van der Waals surface area contributed by atoms with Crippen molar-refractivity contribution >= 4 is 17.6 Å². The normalized spacial score (nSPS) is 13.2. The third-order valence-electron chi connectivity index (χ3n) is 3.24. The number of rotatable bonds is 6. The Hall–Kier alpha value is -2.67. The maximum absolute atomic E-state index is 12.5. The molecule has 2 atom stereocenters. The zero-order valence-corrected chi connectivity index (χ0v) is 12.2. The summed E-state index contributed by atoms with van der Waals surface area (Å²) in [5, 5.41) is 11.8. The molecule has 0 fully saturated rings. The van der Waals surface area contributed by atoms with Crippen LogP contribution in [0.25, 0.3) is 0 Å². The van der Waals surface area contributed by atoms with E-state index >= 15 is 0 Å². The average molecular weight is 301 g/mol. The van der Waals surface area contributed by atoms with Crippen LogP contribution in [-0.2, 0) is 9.59 Å². The lowest BCUT2D eigenvalue weighted by molar-refractivity contribution is -0.128. The number of hydrogen-bond donors (Lipinski definition) is 4. The summed E-state index contributed by atoms with van der Waals surface area (Å²) in [6.45, 7) is 1.93. The molecule has 1 heterocycles. The van der Waals surface area contributed by atoms with Crippen molar-refractivity contribution in [1.82, 2.24) is 15.5 Å². The molecule has 5 N–H and O–H groups in total. The maximum Gasteiger partial charge on any atom is 0.252 e. The van der Waals surface area contributed by atoms with E-state index in [-0.39, 0.29) is 24.3 Å². The number of hydrogen-bond acceptors (Lipinski definition) is 4. The van der Waals surface area contributed by atoms with Crippen LogP contribution in [0.15, 0.2) is 42.6 Å². The lowest BCUT2D eigenvalue weighted by Gasteiger charge is -2.20. The summed E-state index contributed by atoms with van der Waals surface area (Å²) in [6.07, 6.45) is 1.53. The lowest BCUT2D eigenvalue weighted by Crippen LogP contribution is -2.41. The van der Waals surface area contributed by atoms with Gasteiger partial charge in [0.2, 0.25) is 5.91 Å². The maximum atomic E-state index is 12.5. The molecule has 1 aromatic heterocycles. The molecule has 2 aromatic rings. The van der Waals surface area contributed by atoms with Crippen LogP contribution >= 0.6 is 0 Å². The van der Waals surface area contributed by atoms with Gasteiger partial charge in [0.15, 0.2) is 0 Å². The second-order valence-corrected chi connectivity index (χ2v) is 4.95. The van der Waals surface area contributed by atoms with Gasteiger partial charge in [-0.15, -0.1) is 0 Å². The highest BCUT2D eigenvalue weighted by Crippen LogP contribution is 2.15. The van der Waals surface area contributed by atoms with Crippen LogP contribution < -0.4 is 16.4 Å². The summed E-state index contributed by atoms with van der Waals surface area (Å²) in [6, 6.07) is 9.86. The number of amides is 2. The first kappa shape index (κ1) is 15.7. The number of aromatic amines is 1. The Labute approximate surface area is 128 Å². The Bertz CT molecular complexity index is 612. The second-order valence-electron chi connectivity index (χ2n) is 4.95. The van der Waals surface area contributed by atoms with Gasteiger partial charge in [0.1, 0.15) is 11.9 Å². The number of carbonyl (C=O) groups excluding carboxylic acids is 2. The molecule has 0 spiro atoms. The predicted molar refractivity (Wildman–Crippen MR) is 82.8 cm³/mol. The van der Waals surface area contributed by atoms with Crippen molar-refractivity contribution in [1.29, 1.82) is 0 Å². The predicted octanol–water partition coefficient (Wildman–Crippen LogP) is 0.801. The van der Waals surface area contributed by atoms with Crippen LogP contribution in [0.1, 0.15) is 18.5 Å². The van der Waals surface area contributed by atoms with Crippen molar-refractivity contribution in [3.05, 3.63) is 48.2 Å². The Kier molecular flexibility index (Phi) is 5.26. The first-order chi connectivity index (χ1) is 10.6. The van der Waals surface area contributed by atoms with Gasteiger partial charge in [-0.25, -0.2) is 0 Å². The first-order valence-electron chi connectivity index (χ1n) is 6.97. The molecule has 7 heteroatoms. The Morgan fingerprint density at radius 1 is 1.23 bits per heavy atom. The summed E-state index contributed by atoms with van der Waals surface area (Å²) in [5.74, 6) is -0.526. The number of carbonyl (C=O) groups is 2. The molecule has 2 unspecified atom stereocenters. The van der Waals surface area contributed by atoms with Gasteiger partial charge in [0.05, 0.1) is 6.20 Å². The number of aromatic nitrogens is 2. The summed E-state index contributed by atoms with van der Waals surface area (Å²) >= 11 is 0. The highest BCUT2D eigenvalue weighted by atomic mass is 16.2. The number of nitrogens with two attached hydrogens (primary N) is 1. The fraction of sp³-hybridized carbons (Fsp3) is 0.267. The molecule has 0 bridgehead atoms. The van der Waals surface area contributed by atoms with Gasteiger partial charge in [-0.05, 0) is 5.56 Å². The van der Waals surface area contributed by atoms with E-state index in [0.717, 1.165) is 0 Å². The number of nitrogens with zero attached hydrogens (tertiary/aromatic N) is 1. The molecule has 0 aliphatic rings. The van der Waals surface area contributed by atoms with E-state index in [9.17, 15) is 9.59 Å². The third kappa shape index (κ3) is 3.92. The molecule has 7 nitrogen and oxygen atoms in total. The van der Waals surface area contributed by atoms with E-state index in [1.165, 1.54) is 6.20 Å². The highest BCUT2D eigenvalue weighted by Gasteiger charge is 2.24. The van der Waals surface area contributed by atoms with Gasteiger partial charge in [0.25, 0.3) is 5.91 Å². The SMILES string of the molecule is CC(CN)C(=O)NC(C(=O)Nc1ccn[nH]1)c1ccccc1. The standard InChI is InChI=1S/C15H19N5O2/c1-10(9-16)14(21)19-13(11-5-3-2-4-6-11)15(22)18-12-7-8-17-20-12/h2-8,10,13H,9,16H2,1H3,(H,19,21)(H2,17,18,20,22). The van der Waals surface area contributed by atoms with Crippen LogP contribution in [0, 0.1) is 5.92 Å². The smallest absolute Gasteiger partial charge is 0.252 e. The zero-order chi connectivity index (χ0) is 15.9. The van der Waals surface area contributed by atoms with Crippen molar-refractivity contribution in [2.24, 2.45) is 11.7 Å². The molecule has 0 aliphatic carbocycles. The van der Waals surface area contributed by atoms with E-state index < -0.39 is 6.04 Å². The quantitative estimate of drug-likeness (QED) is 0.632. The number of anilines is 1. The van der Waals surface area contributed by atoms with Crippen molar-refractivity contribution in [3.8, 4) is 0 Å². The van der Waals surface area contributed by atoms with E-state index in [2.05, 4.69) is 20.8 Å². The van der Waals surface area contributed by atoms with Crippen molar-refractivity contribution < 1.29 is 9.59 Å². The highest BCUT2D eigenvalue weighted by molar-refractivity contribution is 5.97. The van der Waals surface area contributed by atoms with Crippen LogP contribution in [0.5, 0.6) is 0 Å².